The van der Waals surface area contributed by atoms with Crippen LogP contribution in [0.4, 0.5) is 0 Å². The van der Waals surface area contributed by atoms with E-state index in [1.165, 1.54) is 0 Å². The molecule has 0 bridgehead atoms. The van der Waals surface area contributed by atoms with Gasteiger partial charge in [0.05, 0.1) is 12.2 Å². The maximum atomic E-state index is 12.0. The van der Waals surface area contributed by atoms with Gasteiger partial charge in [-0.2, -0.15) is 0 Å². The van der Waals surface area contributed by atoms with E-state index in [0.29, 0.717) is 37.0 Å². The molecule has 0 spiro atoms. The van der Waals surface area contributed by atoms with Gasteiger partial charge in [0.25, 0.3) is 5.91 Å². The predicted molar refractivity (Wildman–Crippen MR) is 116 cm³/mol. The highest BCUT2D eigenvalue weighted by molar-refractivity contribution is 14.0. The number of hydrogen-bond acceptors (Lipinski definition) is 4. The molecule has 0 aliphatic carbocycles. The van der Waals surface area contributed by atoms with Gasteiger partial charge in [0.15, 0.2) is 5.96 Å². The molecule has 0 saturated carbocycles. The van der Waals surface area contributed by atoms with Gasteiger partial charge in [0, 0.05) is 30.2 Å². The molecule has 2 aromatic rings. The summed E-state index contributed by atoms with van der Waals surface area (Å²) in [6.45, 7) is 5.25. The molecule has 1 heterocycles. The topological polar surface area (TPSA) is 91.5 Å². The first-order valence-corrected chi connectivity index (χ1v) is 8.70. The van der Waals surface area contributed by atoms with Gasteiger partial charge in [-0.05, 0) is 32.0 Å². The van der Waals surface area contributed by atoms with Gasteiger partial charge in [-0.3, -0.25) is 9.79 Å². The molecule has 2 rings (SSSR count). The van der Waals surface area contributed by atoms with Gasteiger partial charge in [-0.15, -0.1) is 24.0 Å². The molecule has 7 nitrogen and oxygen atoms in total. The fourth-order valence-corrected chi connectivity index (χ4v) is 2.48. The zero-order valence-corrected chi connectivity index (χ0v) is 18.8. The number of aliphatic imine (C=N–C) groups is 1. The SMILES string of the molecule is CN=C(NCCNC(=O)c1cccc(Br)c1)NCc1nc(C)c(C)o1.I. The summed E-state index contributed by atoms with van der Waals surface area (Å²) in [6, 6.07) is 7.26. The van der Waals surface area contributed by atoms with Gasteiger partial charge in [0.1, 0.15) is 5.76 Å². The van der Waals surface area contributed by atoms with Crippen molar-refractivity contribution < 1.29 is 9.21 Å². The van der Waals surface area contributed by atoms with Crippen molar-refractivity contribution in [3.05, 3.63) is 51.6 Å². The molecular formula is C17H23BrIN5O2. The summed E-state index contributed by atoms with van der Waals surface area (Å²) >= 11 is 3.35. The minimum Gasteiger partial charge on any atom is -0.444 e. The van der Waals surface area contributed by atoms with Crippen molar-refractivity contribution in [3.63, 3.8) is 0 Å². The molecule has 1 aromatic heterocycles. The van der Waals surface area contributed by atoms with Crippen LogP contribution >= 0.6 is 39.9 Å². The van der Waals surface area contributed by atoms with Crippen LogP contribution in [0.5, 0.6) is 0 Å². The normalized spacial score (nSPS) is 10.8. The number of nitrogens with one attached hydrogen (secondary N) is 3. The molecule has 0 fully saturated rings. The summed E-state index contributed by atoms with van der Waals surface area (Å²) in [4.78, 5) is 20.5. The quantitative estimate of drug-likeness (QED) is 0.229. The number of carbonyl (C=O) groups is 1. The Morgan fingerprint density at radius 3 is 2.58 bits per heavy atom. The van der Waals surface area contributed by atoms with E-state index in [1.54, 1.807) is 19.2 Å². The van der Waals surface area contributed by atoms with Gasteiger partial charge in [-0.1, -0.05) is 22.0 Å². The number of carbonyl (C=O) groups excluding carboxylic acids is 1. The van der Waals surface area contributed by atoms with Crippen molar-refractivity contribution in [1.82, 2.24) is 20.9 Å². The fraction of sp³-hybridized carbons (Fsp3) is 0.353. The summed E-state index contributed by atoms with van der Waals surface area (Å²) in [5, 5.41) is 9.10. The predicted octanol–water partition coefficient (Wildman–Crippen LogP) is 2.77. The van der Waals surface area contributed by atoms with Crippen molar-refractivity contribution in [3.8, 4) is 0 Å². The van der Waals surface area contributed by atoms with Gasteiger partial charge < -0.3 is 20.4 Å². The number of aryl methyl sites for hydroxylation is 2. The van der Waals surface area contributed by atoms with Crippen LogP contribution in [0.1, 0.15) is 27.7 Å². The summed E-state index contributed by atoms with van der Waals surface area (Å²) in [5.74, 6) is 1.93. The highest BCUT2D eigenvalue weighted by Gasteiger charge is 2.07. The van der Waals surface area contributed by atoms with E-state index >= 15 is 0 Å². The molecule has 0 saturated heterocycles. The Balaban J connectivity index is 0.00000338. The molecule has 0 radical (unpaired) electrons. The van der Waals surface area contributed by atoms with E-state index in [1.807, 2.05) is 26.0 Å². The van der Waals surface area contributed by atoms with Crippen LogP contribution in [0.15, 0.2) is 38.1 Å². The third kappa shape index (κ3) is 6.94. The third-order valence-electron chi connectivity index (χ3n) is 3.49. The molecule has 9 heteroatoms. The number of hydrogen-bond donors (Lipinski definition) is 3. The van der Waals surface area contributed by atoms with Crippen LogP contribution in [-0.4, -0.2) is 37.0 Å². The van der Waals surface area contributed by atoms with E-state index in [4.69, 9.17) is 4.42 Å². The van der Waals surface area contributed by atoms with E-state index < -0.39 is 0 Å². The average Bonchev–Trinajstić information content (AvgIpc) is 2.92. The Hall–Kier alpha value is -1.62. The first-order chi connectivity index (χ1) is 12.0. The number of amides is 1. The molecule has 142 valence electrons. The van der Waals surface area contributed by atoms with Gasteiger partial charge in [0.2, 0.25) is 5.89 Å². The minimum absolute atomic E-state index is 0. The van der Waals surface area contributed by atoms with Crippen molar-refractivity contribution in [2.75, 3.05) is 20.1 Å². The van der Waals surface area contributed by atoms with E-state index in [0.717, 1.165) is 15.9 Å². The number of oxazole rings is 1. The van der Waals surface area contributed by atoms with Gasteiger partial charge >= 0.3 is 0 Å². The van der Waals surface area contributed by atoms with E-state index in [2.05, 4.69) is 41.9 Å². The number of guanidine groups is 1. The fourth-order valence-electron chi connectivity index (χ4n) is 2.08. The lowest BCUT2D eigenvalue weighted by atomic mass is 10.2. The van der Waals surface area contributed by atoms with Crippen LogP contribution in [0.2, 0.25) is 0 Å². The highest BCUT2D eigenvalue weighted by atomic mass is 127. The molecule has 0 aliphatic rings. The Bertz CT molecular complexity index is 744. The van der Waals surface area contributed by atoms with E-state index in [-0.39, 0.29) is 29.9 Å². The van der Waals surface area contributed by atoms with Crippen molar-refractivity contribution >= 4 is 51.8 Å². The first-order valence-electron chi connectivity index (χ1n) is 7.90. The smallest absolute Gasteiger partial charge is 0.251 e. The number of aromatic nitrogens is 1. The number of benzene rings is 1. The van der Waals surface area contributed by atoms with Crippen LogP contribution < -0.4 is 16.0 Å². The molecule has 0 atom stereocenters. The minimum atomic E-state index is -0.114. The van der Waals surface area contributed by atoms with Crippen LogP contribution in [0.25, 0.3) is 0 Å². The monoisotopic (exact) mass is 535 g/mol. The van der Waals surface area contributed by atoms with Crippen LogP contribution in [0, 0.1) is 13.8 Å². The Morgan fingerprint density at radius 2 is 1.96 bits per heavy atom. The van der Waals surface area contributed by atoms with Crippen molar-refractivity contribution in [2.24, 2.45) is 4.99 Å². The molecule has 1 amide bonds. The number of halogens is 2. The standard InChI is InChI=1S/C17H22BrN5O2.HI/c1-11-12(2)25-15(23-11)10-22-17(19-3)21-8-7-20-16(24)13-5-4-6-14(18)9-13;/h4-6,9H,7-8,10H2,1-3H3,(H,20,24)(H2,19,21,22);1H. The maximum absolute atomic E-state index is 12.0. The Morgan fingerprint density at radius 1 is 1.23 bits per heavy atom. The summed E-state index contributed by atoms with van der Waals surface area (Å²) in [6.07, 6.45) is 0. The largest absolute Gasteiger partial charge is 0.444 e. The third-order valence-corrected chi connectivity index (χ3v) is 3.99. The molecular weight excluding hydrogens is 513 g/mol. The lowest BCUT2D eigenvalue weighted by Crippen LogP contribution is -2.41. The molecule has 0 unspecified atom stereocenters. The first kappa shape index (κ1) is 22.4. The van der Waals surface area contributed by atoms with Crippen LogP contribution in [0.3, 0.4) is 0 Å². The molecule has 1 aromatic carbocycles. The molecule has 3 N–H and O–H groups in total. The van der Waals surface area contributed by atoms with Crippen molar-refractivity contribution in [2.45, 2.75) is 20.4 Å². The molecule has 0 aliphatic heterocycles. The zero-order valence-electron chi connectivity index (χ0n) is 14.9. The number of rotatable bonds is 6. The Labute approximate surface area is 178 Å². The van der Waals surface area contributed by atoms with Crippen LogP contribution in [-0.2, 0) is 6.54 Å². The van der Waals surface area contributed by atoms with E-state index in [9.17, 15) is 4.79 Å². The lowest BCUT2D eigenvalue weighted by molar-refractivity contribution is 0.0954. The second kappa shape index (κ2) is 11.2. The second-order valence-corrected chi connectivity index (χ2v) is 6.28. The summed E-state index contributed by atoms with van der Waals surface area (Å²) in [7, 11) is 1.68. The summed E-state index contributed by atoms with van der Waals surface area (Å²) < 4.78 is 6.38. The van der Waals surface area contributed by atoms with Crippen molar-refractivity contribution in [1.29, 1.82) is 0 Å². The lowest BCUT2D eigenvalue weighted by Gasteiger charge is -2.11. The summed E-state index contributed by atoms with van der Waals surface area (Å²) in [5.41, 5.74) is 1.50. The highest BCUT2D eigenvalue weighted by Crippen LogP contribution is 2.11. The maximum Gasteiger partial charge on any atom is 0.251 e. The second-order valence-electron chi connectivity index (χ2n) is 5.37. The number of nitrogens with zero attached hydrogens (tertiary/aromatic N) is 2. The Kier molecular flexibility index (Phi) is 9.63. The zero-order chi connectivity index (χ0) is 18.2. The molecule has 26 heavy (non-hydrogen) atoms. The van der Waals surface area contributed by atoms with Gasteiger partial charge in [-0.25, -0.2) is 4.98 Å². The average molecular weight is 536 g/mol.